The average molecular weight is 417 g/mol. The monoisotopic (exact) mass is 416 g/mol. The third kappa shape index (κ3) is 5.05. The Morgan fingerprint density at radius 1 is 0.967 bits per heavy atom. The van der Waals surface area contributed by atoms with Gasteiger partial charge >= 0.3 is 0 Å². The van der Waals surface area contributed by atoms with E-state index in [1.165, 1.54) is 0 Å². The molecule has 3 rings (SSSR count). The lowest BCUT2D eigenvalue weighted by molar-refractivity contribution is 0.492. The van der Waals surface area contributed by atoms with Gasteiger partial charge in [-0.1, -0.05) is 32.9 Å². The van der Waals surface area contributed by atoms with Crippen molar-refractivity contribution in [3.63, 3.8) is 0 Å². The van der Waals surface area contributed by atoms with Crippen LogP contribution in [0.2, 0.25) is 18.1 Å². The minimum atomic E-state index is -1.87. The first-order chi connectivity index (χ1) is 14.2. The molecule has 0 spiro atoms. The molecule has 1 aromatic heterocycles. The molecule has 3 aromatic rings. The predicted molar refractivity (Wildman–Crippen MR) is 123 cm³/mol. The first-order valence-corrected chi connectivity index (χ1v) is 12.9. The topological polar surface area (TPSA) is 62.0 Å². The highest BCUT2D eigenvalue weighted by Gasteiger charge is 2.38. The molecule has 0 radical (unpaired) electrons. The molecule has 0 saturated carbocycles. The fraction of sp³-hybridized carbons (Fsp3) is 0.292. The second kappa shape index (κ2) is 8.68. The highest BCUT2D eigenvalue weighted by molar-refractivity contribution is 6.74. The molecule has 1 heterocycles. The summed E-state index contributed by atoms with van der Waals surface area (Å²) in [7, 11) is -1.87. The lowest BCUT2D eigenvalue weighted by atomic mass is 10.1. The van der Waals surface area contributed by atoms with Crippen LogP contribution < -0.4 is 9.33 Å². The molecule has 2 aromatic carbocycles. The van der Waals surface area contributed by atoms with Crippen molar-refractivity contribution in [1.29, 1.82) is 5.26 Å². The Kier molecular flexibility index (Phi) is 6.23. The van der Waals surface area contributed by atoms with Gasteiger partial charge < -0.3 is 9.33 Å². The standard InChI is InChI=1S/C24H28N4OSi/c1-24(2,3)30(4,5)29-22-13-9-20(10-14-22)18-28(23-26-15-6-16-27-23)21-11-7-19(17-25)8-12-21/h6-16H,18H2,1-5H3. The van der Waals surface area contributed by atoms with Crippen molar-refractivity contribution < 1.29 is 4.43 Å². The fourth-order valence-electron chi connectivity index (χ4n) is 2.72. The highest BCUT2D eigenvalue weighted by Crippen LogP contribution is 2.37. The lowest BCUT2D eigenvalue weighted by Crippen LogP contribution is -2.43. The number of hydrogen-bond donors (Lipinski definition) is 0. The van der Waals surface area contributed by atoms with Gasteiger partial charge in [-0.2, -0.15) is 5.26 Å². The Morgan fingerprint density at radius 3 is 2.10 bits per heavy atom. The van der Waals surface area contributed by atoms with E-state index in [1.54, 1.807) is 30.6 Å². The number of aromatic nitrogens is 2. The number of nitrogens with zero attached hydrogens (tertiary/aromatic N) is 4. The van der Waals surface area contributed by atoms with Crippen molar-refractivity contribution in [2.45, 2.75) is 45.4 Å². The summed E-state index contributed by atoms with van der Waals surface area (Å²) in [5.74, 6) is 1.52. The van der Waals surface area contributed by atoms with Crippen molar-refractivity contribution in [1.82, 2.24) is 9.97 Å². The van der Waals surface area contributed by atoms with E-state index in [0.717, 1.165) is 17.0 Å². The van der Waals surface area contributed by atoms with Crippen molar-refractivity contribution in [3.05, 3.63) is 78.1 Å². The Labute approximate surface area is 180 Å². The van der Waals surface area contributed by atoms with E-state index in [-0.39, 0.29) is 5.04 Å². The second-order valence-electron chi connectivity index (χ2n) is 8.80. The third-order valence-corrected chi connectivity index (χ3v) is 9.90. The molecule has 0 fully saturated rings. The quantitative estimate of drug-likeness (QED) is 0.456. The molecule has 0 unspecified atom stereocenters. The van der Waals surface area contributed by atoms with Crippen LogP contribution in [0.5, 0.6) is 5.75 Å². The maximum Gasteiger partial charge on any atom is 0.250 e. The molecule has 0 aliphatic carbocycles. The van der Waals surface area contributed by atoms with Crippen LogP contribution in [0, 0.1) is 11.3 Å². The van der Waals surface area contributed by atoms with Gasteiger partial charge in [0.15, 0.2) is 0 Å². The summed E-state index contributed by atoms with van der Waals surface area (Å²) < 4.78 is 6.39. The minimum Gasteiger partial charge on any atom is -0.544 e. The van der Waals surface area contributed by atoms with Gasteiger partial charge in [0, 0.05) is 18.1 Å². The van der Waals surface area contributed by atoms with Gasteiger partial charge in [-0.15, -0.1) is 0 Å². The van der Waals surface area contributed by atoms with Crippen LogP contribution in [0.25, 0.3) is 0 Å². The molecule has 154 valence electrons. The van der Waals surface area contributed by atoms with E-state index in [1.807, 2.05) is 29.2 Å². The number of nitriles is 1. The Balaban J connectivity index is 1.84. The summed E-state index contributed by atoms with van der Waals surface area (Å²) in [4.78, 5) is 10.9. The van der Waals surface area contributed by atoms with Crippen LogP contribution in [0.4, 0.5) is 11.6 Å². The van der Waals surface area contributed by atoms with Gasteiger partial charge in [0.25, 0.3) is 0 Å². The molecular formula is C24H28N4OSi. The number of anilines is 2. The summed E-state index contributed by atoms with van der Waals surface area (Å²) in [6.07, 6.45) is 3.46. The van der Waals surface area contributed by atoms with E-state index >= 15 is 0 Å². The Hall–Kier alpha value is -3.17. The van der Waals surface area contributed by atoms with E-state index < -0.39 is 8.32 Å². The molecule has 5 nitrogen and oxygen atoms in total. The first kappa shape index (κ1) is 21.5. The first-order valence-electron chi connectivity index (χ1n) is 10.0. The third-order valence-electron chi connectivity index (χ3n) is 5.54. The maximum atomic E-state index is 9.08. The Bertz CT molecular complexity index is 1000. The molecule has 0 aliphatic heterocycles. The predicted octanol–water partition coefficient (Wildman–Crippen LogP) is 6.07. The van der Waals surface area contributed by atoms with Crippen LogP contribution in [-0.4, -0.2) is 18.3 Å². The van der Waals surface area contributed by atoms with Crippen LogP contribution in [-0.2, 0) is 6.54 Å². The fourth-order valence-corrected chi connectivity index (χ4v) is 3.75. The van der Waals surface area contributed by atoms with E-state index in [4.69, 9.17) is 9.69 Å². The van der Waals surface area contributed by atoms with Crippen LogP contribution in [0.15, 0.2) is 67.0 Å². The van der Waals surface area contributed by atoms with E-state index in [9.17, 15) is 0 Å². The Morgan fingerprint density at radius 2 is 1.57 bits per heavy atom. The molecule has 0 amide bonds. The van der Waals surface area contributed by atoms with Gasteiger partial charge in [-0.25, -0.2) is 9.97 Å². The minimum absolute atomic E-state index is 0.155. The zero-order valence-electron chi connectivity index (χ0n) is 18.3. The van der Waals surface area contributed by atoms with Gasteiger partial charge in [-0.05, 0) is 66.2 Å². The van der Waals surface area contributed by atoms with Crippen molar-refractivity contribution in [2.24, 2.45) is 0 Å². The van der Waals surface area contributed by atoms with Crippen LogP contribution >= 0.6 is 0 Å². The summed E-state index contributed by atoms with van der Waals surface area (Å²) in [5.41, 5.74) is 2.68. The molecular weight excluding hydrogens is 388 g/mol. The second-order valence-corrected chi connectivity index (χ2v) is 13.5. The number of rotatable bonds is 6. The normalized spacial score (nSPS) is 11.6. The van der Waals surface area contributed by atoms with Crippen LogP contribution in [0.1, 0.15) is 31.9 Å². The van der Waals surface area contributed by atoms with Gasteiger partial charge in [-0.3, -0.25) is 0 Å². The average Bonchev–Trinajstić information content (AvgIpc) is 2.73. The largest absolute Gasteiger partial charge is 0.544 e. The zero-order valence-corrected chi connectivity index (χ0v) is 19.3. The summed E-state index contributed by atoms with van der Waals surface area (Å²) in [6.45, 7) is 11.8. The number of hydrogen-bond acceptors (Lipinski definition) is 5. The molecule has 30 heavy (non-hydrogen) atoms. The van der Waals surface area contributed by atoms with E-state index in [0.29, 0.717) is 18.1 Å². The van der Waals surface area contributed by atoms with Gasteiger partial charge in [0.2, 0.25) is 14.3 Å². The smallest absolute Gasteiger partial charge is 0.250 e. The molecule has 0 aliphatic rings. The molecule has 0 N–H and O–H groups in total. The SMILES string of the molecule is CC(C)(C)[Si](C)(C)Oc1ccc(CN(c2ccc(C#N)cc2)c2ncccn2)cc1. The molecule has 0 bridgehead atoms. The van der Waals surface area contributed by atoms with Crippen molar-refractivity contribution in [2.75, 3.05) is 4.90 Å². The van der Waals surface area contributed by atoms with E-state index in [2.05, 4.69) is 62.0 Å². The maximum absolute atomic E-state index is 9.08. The van der Waals surface area contributed by atoms with Crippen molar-refractivity contribution in [3.8, 4) is 11.8 Å². The van der Waals surface area contributed by atoms with Crippen LogP contribution in [0.3, 0.4) is 0 Å². The summed E-state index contributed by atoms with van der Waals surface area (Å²) in [5, 5.41) is 9.23. The van der Waals surface area contributed by atoms with Gasteiger partial charge in [0.1, 0.15) is 5.75 Å². The summed E-state index contributed by atoms with van der Waals surface area (Å²) >= 11 is 0. The van der Waals surface area contributed by atoms with Gasteiger partial charge in [0.05, 0.1) is 18.2 Å². The lowest BCUT2D eigenvalue weighted by Gasteiger charge is -2.36. The van der Waals surface area contributed by atoms with Crippen molar-refractivity contribution >= 4 is 20.0 Å². The zero-order chi connectivity index (χ0) is 21.8. The summed E-state index contributed by atoms with van der Waals surface area (Å²) in [6, 6.07) is 19.7. The molecule has 6 heteroatoms. The molecule has 0 saturated heterocycles. The molecule has 0 atom stereocenters. The highest BCUT2D eigenvalue weighted by atomic mass is 28.4. The number of benzene rings is 2.